The number of phenolic OH excluding ortho intramolecular Hbond substituents is 2. The lowest BCUT2D eigenvalue weighted by Crippen LogP contribution is -2.16. The molecule has 4 nitrogen and oxygen atoms in total. The smallest absolute Gasteiger partial charge is 0.125 e. The van der Waals surface area contributed by atoms with Gasteiger partial charge in [0.15, 0.2) is 0 Å². The SMILES string of the molecule is CNCC(O)c1c(O)cccc1O. The van der Waals surface area contributed by atoms with Crippen LogP contribution in [0.4, 0.5) is 0 Å². The third-order valence-electron chi connectivity index (χ3n) is 1.79. The van der Waals surface area contributed by atoms with Crippen LogP contribution in [0.3, 0.4) is 0 Å². The molecular formula is C9H13NO3. The van der Waals surface area contributed by atoms with Crippen molar-refractivity contribution in [2.45, 2.75) is 6.10 Å². The van der Waals surface area contributed by atoms with Crippen LogP contribution in [0.2, 0.25) is 0 Å². The molecule has 0 spiro atoms. The molecule has 0 aliphatic carbocycles. The van der Waals surface area contributed by atoms with Gasteiger partial charge in [-0.2, -0.15) is 0 Å². The van der Waals surface area contributed by atoms with Gasteiger partial charge >= 0.3 is 0 Å². The van der Waals surface area contributed by atoms with E-state index in [1.165, 1.54) is 18.2 Å². The normalized spacial score (nSPS) is 12.8. The molecule has 0 aromatic heterocycles. The van der Waals surface area contributed by atoms with Crippen molar-refractivity contribution in [1.29, 1.82) is 0 Å². The maximum absolute atomic E-state index is 9.50. The van der Waals surface area contributed by atoms with Gasteiger partial charge in [-0.25, -0.2) is 0 Å². The summed E-state index contributed by atoms with van der Waals surface area (Å²) in [6.45, 7) is 0.283. The van der Waals surface area contributed by atoms with E-state index in [1.807, 2.05) is 0 Å². The van der Waals surface area contributed by atoms with E-state index in [4.69, 9.17) is 0 Å². The second-order valence-corrected chi connectivity index (χ2v) is 2.78. The number of aliphatic hydroxyl groups is 1. The average Bonchev–Trinajstić information content (AvgIpc) is 2.04. The summed E-state index contributed by atoms with van der Waals surface area (Å²) in [5.74, 6) is -0.189. The van der Waals surface area contributed by atoms with E-state index in [0.717, 1.165) is 0 Å². The number of likely N-dealkylation sites (N-methyl/N-ethyl adjacent to an activating group) is 1. The zero-order valence-electron chi connectivity index (χ0n) is 7.36. The van der Waals surface area contributed by atoms with Crippen LogP contribution in [0.5, 0.6) is 11.5 Å². The lowest BCUT2D eigenvalue weighted by molar-refractivity contribution is 0.170. The molecule has 1 unspecified atom stereocenters. The lowest BCUT2D eigenvalue weighted by atomic mass is 10.1. The molecule has 1 aromatic rings. The highest BCUT2D eigenvalue weighted by molar-refractivity contribution is 5.44. The Hall–Kier alpha value is -1.26. The summed E-state index contributed by atoms with van der Waals surface area (Å²) in [5, 5.41) is 30.9. The first-order valence-electron chi connectivity index (χ1n) is 4.00. The molecule has 0 aliphatic heterocycles. The van der Waals surface area contributed by atoms with E-state index in [1.54, 1.807) is 7.05 Å². The van der Waals surface area contributed by atoms with E-state index >= 15 is 0 Å². The van der Waals surface area contributed by atoms with Crippen molar-refractivity contribution >= 4 is 0 Å². The van der Waals surface area contributed by atoms with E-state index in [9.17, 15) is 15.3 Å². The Morgan fingerprint density at radius 1 is 1.31 bits per heavy atom. The Kier molecular flexibility index (Phi) is 3.11. The Bertz CT molecular complexity index is 268. The molecule has 72 valence electrons. The van der Waals surface area contributed by atoms with Crippen molar-refractivity contribution in [2.75, 3.05) is 13.6 Å². The van der Waals surface area contributed by atoms with E-state index in [0.29, 0.717) is 0 Å². The first-order valence-corrected chi connectivity index (χ1v) is 4.00. The maximum atomic E-state index is 9.50. The second kappa shape index (κ2) is 4.11. The number of aromatic hydroxyl groups is 2. The first kappa shape index (κ1) is 9.83. The molecule has 0 fully saturated rings. The van der Waals surface area contributed by atoms with Crippen molar-refractivity contribution in [2.24, 2.45) is 0 Å². The lowest BCUT2D eigenvalue weighted by Gasteiger charge is -2.13. The average molecular weight is 183 g/mol. The molecule has 1 atom stereocenters. The van der Waals surface area contributed by atoms with Gasteiger partial charge in [0, 0.05) is 6.54 Å². The zero-order chi connectivity index (χ0) is 9.84. The minimum absolute atomic E-state index is 0.0947. The van der Waals surface area contributed by atoms with Crippen LogP contribution in [-0.2, 0) is 0 Å². The number of benzene rings is 1. The van der Waals surface area contributed by atoms with E-state index < -0.39 is 6.10 Å². The van der Waals surface area contributed by atoms with Crippen molar-refractivity contribution in [3.05, 3.63) is 23.8 Å². The van der Waals surface area contributed by atoms with E-state index in [2.05, 4.69) is 5.32 Å². The van der Waals surface area contributed by atoms with E-state index in [-0.39, 0.29) is 23.6 Å². The molecule has 0 saturated carbocycles. The highest BCUT2D eigenvalue weighted by Crippen LogP contribution is 2.31. The molecule has 0 aliphatic rings. The van der Waals surface area contributed by atoms with Gasteiger partial charge in [0.25, 0.3) is 0 Å². The fraction of sp³-hybridized carbons (Fsp3) is 0.333. The highest BCUT2D eigenvalue weighted by Gasteiger charge is 2.15. The van der Waals surface area contributed by atoms with Gasteiger partial charge in [0.05, 0.1) is 11.7 Å². The predicted octanol–water partition coefficient (Wildman–Crippen LogP) is 0.351. The fourth-order valence-electron chi connectivity index (χ4n) is 1.18. The summed E-state index contributed by atoms with van der Waals surface area (Å²) in [6, 6.07) is 4.36. The van der Waals surface area contributed by atoms with Gasteiger partial charge < -0.3 is 20.6 Å². The molecule has 0 heterocycles. The van der Waals surface area contributed by atoms with Crippen LogP contribution in [0.25, 0.3) is 0 Å². The van der Waals surface area contributed by atoms with Gasteiger partial charge in [-0.05, 0) is 19.2 Å². The van der Waals surface area contributed by atoms with Crippen LogP contribution in [-0.4, -0.2) is 28.9 Å². The number of hydrogen-bond acceptors (Lipinski definition) is 4. The molecule has 1 aromatic carbocycles. The predicted molar refractivity (Wildman–Crippen MR) is 48.7 cm³/mol. The van der Waals surface area contributed by atoms with Crippen molar-refractivity contribution in [3.8, 4) is 11.5 Å². The Balaban J connectivity index is 2.98. The minimum atomic E-state index is -0.897. The third-order valence-corrected chi connectivity index (χ3v) is 1.79. The molecule has 0 bridgehead atoms. The van der Waals surface area contributed by atoms with Crippen LogP contribution < -0.4 is 5.32 Å². The van der Waals surface area contributed by atoms with Crippen molar-refractivity contribution in [1.82, 2.24) is 5.32 Å². The maximum Gasteiger partial charge on any atom is 0.125 e. The third kappa shape index (κ3) is 2.11. The van der Waals surface area contributed by atoms with Crippen molar-refractivity contribution < 1.29 is 15.3 Å². The van der Waals surface area contributed by atoms with Crippen LogP contribution >= 0.6 is 0 Å². The fourth-order valence-corrected chi connectivity index (χ4v) is 1.18. The largest absolute Gasteiger partial charge is 0.507 e. The molecule has 0 saturated heterocycles. The van der Waals surface area contributed by atoms with Gasteiger partial charge in [-0.3, -0.25) is 0 Å². The van der Waals surface area contributed by atoms with Crippen LogP contribution in [0.1, 0.15) is 11.7 Å². The topological polar surface area (TPSA) is 72.7 Å². The summed E-state index contributed by atoms with van der Waals surface area (Å²) in [7, 11) is 1.68. The standard InChI is InChI=1S/C9H13NO3/c1-10-5-8(13)9-6(11)3-2-4-7(9)12/h2-4,8,10-13H,5H2,1H3. The molecule has 0 amide bonds. The summed E-state index contributed by atoms with van der Waals surface area (Å²) in [6.07, 6.45) is -0.897. The quantitative estimate of drug-likeness (QED) is 0.545. The highest BCUT2D eigenvalue weighted by atomic mass is 16.3. The summed E-state index contributed by atoms with van der Waals surface area (Å²) in [4.78, 5) is 0. The molecule has 0 radical (unpaired) electrons. The van der Waals surface area contributed by atoms with Crippen molar-refractivity contribution in [3.63, 3.8) is 0 Å². The van der Waals surface area contributed by atoms with Crippen LogP contribution in [0, 0.1) is 0 Å². The van der Waals surface area contributed by atoms with Gasteiger partial charge in [-0.15, -0.1) is 0 Å². The first-order chi connectivity index (χ1) is 6.16. The monoisotopic (exact) mass is 183 g/mol. The number of hydrogen-bond donors (Lipinski definition) is 4. The number of aliphatic hydroxyl groups excluding tert-OH is 1. The number of nitrogens with one attached hydrogen (secondary N) is 1. The van der Waals surface area contributed by atoms with Gasteiger partial charge in [0.1, 0.15) is 11.5 Å². The molecule has 1 rings (SSSR count). The number of rotatable bonds is 3. The summed E-state index contributed by atoms with van der Waals surface area (Å²) in [5.41, 5.74) is 0.164. The summed E-state index contributed by atoms with van der Waals surface area (Å²) >= 11 is 0. The van der Waals surface area contributed by atoms with Gasteiger partial charge in [-0.1, -0.05) is 6.07 Å². The molecule has 13 heavy (non-hydrogen) atoms. The molecule has 4 N–H and O–H groups in total. The Morgan fingerprint density at radius 2 is 1.85 bits per heavy atom. The summed E-state index contributed by atoms with van der Waals surface area (Å²) < 4.78 is 0. The molecular weight excluding hydrogens is 170 g/mol. The Morgan fingerprint density at radius 3 is 2.31 bits per heavy atom. The second-order valence-electron chi connectivity index (χ2n) is 2.78. The Labute approximate surface area is 76.5 Å². The zero-order valence-corrected chi connectivity index (χ0v) is 7.36. The van der Waals surface area contributed by atoms with Gasteiger partial charge in [0.2, 0.25) is 0 Å². The number of phenols is 2. The van der Waals surface area contributed by atoms with Crippen LogP contribution in [0.15, 0.2) is 18.2 Å². The minimum Gasteiger partial charge on any atom is -0.507 e. The molecule has 4 heteroatoms.